The molecule has 0 atom stereocenters. The molecule has 0 aliphatic carbocycles. The highest BCUT2D eigenvalue weighted by molar-refractivity contribution is 7.89. The van der Waals surface area contributed by atoms with Crippen molar-refractivity contribution >= 4 is 10.0 Å². The first-order valence-corrected chi connectivity index (χ1v) is 8.74. The average molecular weight is 303 g/mol. The van der Waals surface area contributed by atoms with Crippen molar-refractivity contribution in [2.75, 3.05) is 6.54 Å². The molecule has 0 saturated carbocycles. The van der Waals surface area contributed by atoms with Gasteiger partial charge in [-0.2, -0.15) is 0 Å². The van der Waals surface area contributed by atoms with Crippen LogP contribution in [-0.2, 0) is 16.4 Å². The summed E-state index contributed by atoms with van der Waals surface area (Å²) in [5, 5.41) is 0. The second-order valence-electron chi connectivity index (χ2n) is 4.93. The summed E-state index contributed by atoms with van der Waals surface area (Å²) in [6, 6.07) is 15.3. The van der Waals surface area contributed by atoms with Gasteiger partial charge in [0.1, 0.15) is 0 Å². The zero-order valence-electron chi connectivity index (χ0n) is 12.5. The maximum Gasteiger partial charge on any atom is 0.240 e. The van der Waals surface area contributed by atoms with E-state index in [4.69, 9.17) is 0 Å². The lowest BCUT2D eigenvalue weighted by Gasteiger charge is -2.09. The van der Waals surface area contributed by atoms with E-state index in [-0.39, 0.29) is 0 Å². The van der Waals surface area contributed by atoms with E-state index in [1.165, 1.54) is 5.56 Å². The molecule has 21 heavy (non-hydrogen) atoms. The normalized spacial score (nSPS) is 11.5. The Morgan fingerprint density at radius 1 is 0.952 bits per heavy atom. The molecule has 112 valence electrons. The third-order valence-corrected chi connectivity index (χ3v) is 4.89. The predicted molar refractivity (Wildman–Crippen MR) is 86.7 cm³/mol. The number of hydrogen-bond acceptors (Lipinski definition) is 2. The molecule has 2 rings (SSSR count). The van der Waals surface area contributed by atoms with Crippen LogP contribution in [0.3, 0.4) is 0 Å². The van der Waals surface area contributed by atoms with Gasteiger partial charge < -0.3 is 0 Å². The summed E-state index contributed by atoms with van der Waals surface area (Å²) in [5.74, 6) is 0. The molecular weight excluding hydrogens is 282 g/mol. The molecule has 1 N–H and O–H groups in total. The van der Waals surface area contributed by atoms with Gasteiger partial charge in [-0.05, 0) is 41.7 Å². The largest absolute Gasteiger partial charge is 0.240 e. The van der Waals surface area contributed by atoms with Crippen molar-refractivity contribution in [2.24, 2.45) is 0 Å². The average Bonchev–Trinajstić information content (AvgIpc) is 2.53. The van der Waals surface area contributed by atoms with Gasteiger partial charge in [-0.3, -0.25) is 0 Å². The lowest BCUT2D eigenvalue weighted by Crippen LogP contribution is -2.24. The summed E-state index contributed by atoms with van der Waals surface area (Å²) < 4.78 is 26.7. The molecule has 0 aliphatic rings. The molecule has 0 saturated heterocycles. The maximum atomic E-state index is 12.1. The molecular formula is C17H21NO2S. The summed E-state index contributed by atoms with van der Waals surface area (Å²) in [7, 11) is -3.39. The zero-order valence-corrected chi connectivity index (χ0v) is 13.3. The summed E-state index contributed by atoms with van der Waals surface area (Å²) >= 11 is 0. The van der Waals surface area contributed by atoms with E-state index in [0.717, 1.165) is 24.0 Å². The van der Waals surface area contributed by atoms with Gasteiger partial charge in [0.15, 0.2) is 0 Å². The van der Waals surface area contributed by atoms with E-state index in [9.17, 15) is 8.42 Å². The van der Waals surface area contributed by atoms with E-state index >= 15 is 0 Å². The molecule has 2 aromatic carbocycles. The first-order chi connectivity index (χ1) is 10.1. The second kappa shape index (κ2) is 6.87. The third-order valence-electron chi connectivity index (χ3n) is 3.42. The Morgan fingerprint density at radius 3 is 2.24 bits per heavy atom. The van der Waals surface area contributed by atoms with Crippen LogP contribution in [0.2, 0.25) is 0 Å². The summed E-state index contributed by atoms with van der Waals surface area (Å²) in [4.78, 5) is 0.314. The van der Waals surface area contributed by atoms with Gasteiger partial charge in [0, 0.05) is 6.54 Å². The predicted octanol–water partition coefficient (Wildman–Crippen LogP) is 3.60. The monoisotopic (exact) mass is 303 g/mol. The fraction of sp³-hybridized carbons (Fsp3) is 0.294. The molecule has 0 aliphatic heterocycles. The van der Waals surface area contributed by atoms with E-state index in [1.54, 1.807) is 12.1 Å². The highest BCUT2D eigenvalue weighted by Gasteiger charge is 2.13. The van der Waals surface area contributed by atoms with Crippen molar-refractivity contribution < 1.29 is 8.42 Å². The van der Waals surface area contributed by atoms with Crippen LogP contribution in [-0.4, -0.2) is 15.0 Å². The third kappa shape index (κ3) is 3.71. The Morgan fingerprint density at radius 2 is 1.62 bits per heavy atom. The molecule has 0 amide bonds. The van der Waals surface area contributed by atoms with Crippen molar-refractivity contribution in [1.29, 1.82) is 0 Å². The Kier molecular flexibility index (Phi) is 5.15. The highest BCUT2D eigenvalue weighted by atomic mass is 32.2. The molecule has 0 aromatic heterocycles. The molecule has 0 radical (unpaired) electrons. The van der Waals surface area contributed by atoms with Gasteiger partial charge in [-0.15, -0.1) is 0 Å². The van der Waals surface area contributed by atoms with Gasteiger partial charge in [0.2, 0.25) is 10.0 Å². The molecule has 2 aromatic rings. The minimum absolute atomic E-state index is 0.314. The van der Waals surface area contributed by atoms with Gasteiger partial charge in [0.05, 0.1) is 4.90 Å². The van der Waals surface area contributed by atoms with Crippen molar-refractivity contribution in [2.45, 2.75) is 31.6 Å². The van der Waals surface area contributed by atoms with Gasteiger partial charge in [-0.1, -0.05) is 50.2 Å². The molecule has 0 heterocycles. The van der Waals surface area contributed by atoms with Crippen LogP contribution in [0.1, 0.15) is 25.8 Å². The number of nitrogens with one attached hydrogen (secondary N) is 1. The van der Waals surface area contributed by atoms with Crippen molar-refractivity contribution in [3.8, 4) is 11.1 Å². The van der Waals surface area contributed by atoms with Gasteiger partial charge in [0.25, 0.3) is 0 Å². The smallest absolute Gasteiger partial charge is 0.211 e. The quantitative estimate of drug-likeness (QED) is 0.886. The Balaban J connectivity index is 2.31. The standard InChI is InChI=1S/C17H21NO2S/c1-3-13-18-21(19,20)16-11-9-15(10-12-16)17-8-6-5-7-14(17)4-2/h5-12,18H,3-4,13H2,1-2H3. The van der Waals surface area contributed by atoms with E-state index in [2.05, 4.69) is 23.8 Å². The van der Waals surface area contributed by atoms with Crippen LogP contribution in [0.4, 0.5) is 0 Å². The van der Waals surface area contributed by atoms with Crippen LogP contribution < -0.4 is 4.72 Å². The lowest BCUT2D eigenvalue weighted by atomic mass is 9.98. The number of hydrogen-bond donors (Lipinski definition) is 1. The summed E-state index contributed by atoms with van der Waals surface area (Å²) in [5.41, 5.74) is 3.46. The molecule has 0 unspecified atom stereocenters. The number of rotatable bonds is 6. The molecule has 0 bridgehead atoms. The number of sulfonamides is 1. The molecule has 3 nitrogen and oxygen atoms in total. The van der Waals surface area contributed by atoms with Crippen LogP contribution in [0.15, 0.2) is 53.4 Å². The SMILES string of the molecule is CCCNS(=O)(=O)c1ccc(-c2ccccc2CC)cc1. The van der Waals surface area contributed by atoms with Gasteiger partial charge in [-0.25, -0.2) is 13.1 Å². The highest BCUT2D eigenvalue weighted by Crippen LogP contribution is 2.25. The number of benzene rings is 2. The van der Waals surface area contributed by atoms with Crippen LogP contribution in [0.25, 0.3) is 11.1 Å². The minimum atomic E-state index is -3.39. The fourth-order valence-electron chi connectivity index (χ4n) is 2.24. The van der Waals surface area contributed by atoms with Gasteiger partial charge >= 0.3 is 0 Å². The topological polar surface area (TPSA) is 46.2 Å². The maximum absolute atomic E-state index is 12.1. The van der Waals surface area contributed by atoms with Crippen LogP contribution in [0.5, 0.6) is 0 Å². The van der Waals surface area contributed by atoms with E-state index in [1.807, 2.05) is 31.2 Å². The molecule has 4 heteroatoms. The van der Waals surface area contributed by atoms with Crippen LogP contribution >= 0.6 is 0 Å². The summed E-state index contributed by atoms with van der Waals surface area (Å²) in [6.07, 6.45) is 1.73. The second-order valence-corrected chi connectivity index (χ2v) is 6.70. The van der Waals surface area contributed by atoms with E-state index < -0.39 is 10.0 Å². The zero-order chi connectivity index (χ0) is 15.3. The van der Waals surface area contributed by atoms with Crippen molar-refractivity contribution in [1.82, 2.24) is 4.72 Å². The molecule has 0 fully saturated rings. The van der Waals surface area contributed by atoms with E-state index in [0.29, 0.717) is 11.4 Å². The first-order valence-electron chi connectivity index (χ1n) is 7.26. The number of aryl methyl sites for hydroxylation is 1. The van der Waals surface area contributed by atoms with Crippen molar-refractivity contribution in [3.05, 3.63) is 54.1 Å². The van der Waals surface area contributed by atoms with Crippen molar-refractivity contribution in [3.63, 3.8) is 0 Å². The minimum Gasteiger partial charge on any atom is -0.211 e. The Hall–Kier alpha value is -1.65. The molecule has 0 spiro atoms. The van der Waals surface area contributed by atoms with Crippen LogP contribution in [0, 0.1) is 0 Å². The lowest BCUT2D eigenvalue weighted by molar-refractivity contribution is 0.581. The summed E-state index contributed by atoms with van der Waals surface area (Å²) in [6.45, 7) is 4.52. The Bertz CT molecular complexity index is 691. The first kappa shape index (κ1) is 15.7. The Labute approximate surface area is 127 Å². The fourth-order valence-corrected chi connectivity index (χ4v) is 3.38.